The summed E-state index contributed by atoms with van der Waals surface area (Å²) in [5.41, 5.74) is 1.25. The van der Waals surface area contributed by atoms with Crippen molar-refractivity contribution in [1.82, 2.24) is 4.31 Å². The Labute approximate surface area is 188 Å². The molecule has 0 aliphatic rings. The van der Waals surface area contributed by atoms with E-state index >= 15 is 0 Å². The Hall–Kier alpha value is -2.49. The summed E-state index contributed by atoms with van der Waals surface area (Å²) in [6.45, 7) is 4.25. The summed E-state index contributed by atoms with van der Waals surface area (Å²) in [6.07, 6.45) is 0. The predicted molar refractivity (Wildman–Crippen MR) is 123 cm³/mol. The Morgan fingerprint density at radius 1 is 1.06 bits per heavy atom. The molecule has 0 aliphatic heterocycles. The van der Waals surface area contributed by atoms with E-state index in [0.717, 1.165) is 0 Å². The van der Waals surface area contributed by atoms with Gasteiger partial charge in [0.25, 0.3) is 5.91 Å². The average Bonchev–Trinajstić information content (AvgIpc) is 2.73. The van der Waals surface area contributed by atoms with Crippen LogP contribution in [-0.2, 0) is 10.0 Å². The molecule has 0 fully saturated rings. The van der Waals surface area contributed by atoms with E-state index in [-0.39, 0.29) is 15.5 Å². The molecule has 2 aromatic rings. The second kappa shape index (κ2) is 10.2. The number of benzene rings is 2. The van der Waals surface area contributed by atoms with E-state index in [9.17, 15) is 13.2 Å². The molecule has 0 saturated heterocycles. The van der Waals surface area contributed by atoms with Crippen LogP contribution in [0.1, 0.15) is 24.2 Å². The van der Waals surface area contributed by atoms with Gasteiger partial charge in [-0.15, -0.1) is 0 Å². The predicted octanol–water partition coefficient (Wildman–Crippen LogP) is 3.71. The normalized spacial score (nSPS) is 11.4. The van der Waals surface area contributed by atoms with Gasteiger partial charge in [0.2, 0.25) is 10.0 Å². The van der Waals surface area contributed by atoms with Crippen LogP contribution < -0.4 is 19.7 Å². The number of rotatable bonds is 9. The van der Waals surface area contributed by atoms with Gasteiger partial charge in [-0.05, 0) is 30.3 Å². The number of methoxy groups -OCH3 is 2. The first-order valence-electron chi connectivity index (χ1n) is 9.65. The number of ether oxygens (including phenoxy) is 2. The largest absolute Gasteiger partial charge is 0.493 e. The van der Waals surface area contributed by atoms with Crippen molar-refractivity contribution in [3.05, 3.63) is 40.9 Å². The van der Waals surface area contributed by atoms with Crippen molar-refractivity contribution >= 4 is 38.9 Å². The van der Waals surface area contributed by atoms with Crippen molar-refractivity contribution in [1.29, 1.82) is 0 Å². The second-order valence-electron chi connectivity index (χ2n) is 6.81. The molecule has 0 aromatic heterocycles. The van der Waals surface area contributed by atoms with Gasteiger partial charge in [-0.3, -0.25) is 4.79 Å². The van der Waals surface area contributed by atoms with Crippen molar-refractivity contribution in [3.8, 4) is 11.5 Å². The van der Waals surface area contributed by atoms with Crippen molar-refractivity contribution in [3.63, 3.8) is 0 Å². The first-order chi connectivity index (χ1) is 14.6. The monoisotopic (exact) mass is 469 g/mol. The molecule has 8 nitrogen and oxygen atoms in total. The molecule has 0 aliphatic carbocycles. The Kier molecular flexibility index (Phi) is 8.16. The molecule has 0 radical (unpaired) electrons. The maximum absolute atomic E-state index is 13.0. The molecule has 2 aromatic carbocycles. The maximum atomic E-state index is 13.0. The zero-order chi connectivity index (χ0) is 23.3. The van der Waals surface area contributed by atoms with Gasteiger partial charge >= 0.3 is 0 Å². The van der Waals surface area contributed by atoms with E-state index in [2.05, 4.69) is 5.32 Å². The fourth-order valence-corrected chi connectivity index (χ4v) is 4.89. The van der Waals surface area contributed by atoms with E-state index in [1.165, 1.54) is 42.8 Å². The van der Waals surface area contributed by atoms with Crippen molar-refractivity contribution in [2.45, 2.75) is 18.7 Å². The third kappa shape index (κ3) is 5.23. The van der Waals surface area contributed by atoms with Gasteiger partial charge in [0, 0.05) is 32.7 Å². The second-order valence-corrected chi connectivity index (χ2v) is 9.16. The molecular weight excluding hydrogens is 442 g/mol. The zero-order valence-electron chi connectivity index (χ0n) is 18.5. The quantitative estimate of drug-likeness (QED) is 0.602. The van der Waals surface area contributed by atoms with Gasteiger partial charge in [0.1, 0.15) is 0 Å². The third-order valence-corrected chi connectivity index (χ3v) is 7.06. The first kappa shape index (κ1) is 24.8. The van der Waals surface area contributed by atoms with Gasteiger partial charge in [0.05, 0.1) is 35.5 Å². The number of carbonyl (C=O) groups excluding carboxylic acids is 1. The SMILES string of the molecule is CCN(CC)S(=O)(=O)c1ccc(N(C)C)c(NC(=O)c2cc(Cl)c(OC)c(OC)c2)c1. The molecule has 10 heteroatoms. The highest BCUT2D eigenvalue weighted by Crippen LogP contribution is 2.36. The van der Waals surface area contributed by atoms with Crippen LogP contribution in [0.3, 0.4) is 0 Å². The van der Waals surface area contributed by atoms with E-state index < -0.39 is 15.9 Å². The summed E-state index contributed by atoms with van der Waals surface area (Å²) >= 11 is 6.22. The Morgan fingerprint density at radius 2 is 1.71 bits per heavy atom. The molecule has 1 amide bonds. The lowest BCUT2D eigenvalue weighted by Gasteiger charge is -2.22. The summed E-state index contributed by atoms with van der Waals surface area (Å²) < 4.78 is 37.7. The summed E-state index contributed by atoms with van der Waals surface area (Å²) in [5.74, 6) is 0.163. The zero-order valence-corrected chi connectivity index (χ0v) is 20.1. The lowest BCUT2D eigenvalue weighted by Crippen LogP contribution is -2.30. The number of nitrogens with one attached hydrogen (secondary N) is 1. The van der Waals surface area contributed by atoms with Crippen LogP contribution in [0.2, 0.25) is 5.02 Å². The molecule has 2 rings (SSSR count). The van der Waals surface area contributed by atoms with Crippen LogP contribution in [0.5, 0.6) is 11.5 Å². The molecule has 170 valence electrons. The minimum absolute atomic E-state index is 0.0995. The van der Waals surface area contributed by atoms with Crippen LogP contribution in [0.15, 0.2) is 35.2 Å². The fourth-order valence-electron chi connectivity index (χ4n) is 3.12. The lowest BCUT2D eigenvalue weighted by molar-refractivity contribution is 0.102. The van der Waals surface area contributed by atoms with E-state index in [0.29, 0.717) is 36.0 Å². The van der Waals surface area contributed by atoms with E-state index in [1.807, 2.05) is 0 Å². The number of sulfonamides is 1. The molecule has 0 spiro atoms. The number of halogens is 1. The molecule has 31 heavy (non-hydrogen) atoms. The number of carbonyl (C=O) groups is 1. The van der Waals surface area contributed by atoms with Crippen molar-refractivity contribution in [2.24, 2.45) is 0 Å². The lowest BCUT2D eigenvalue weighted by atomic mass is 10.1. The summed E-state index contributed by atoms with van der Waals surface area (Å²) in [5, 5.41) is 3.01. The fraction of sp³-hybridized carbons (Fsp3) is 0.381. The third-order valence-electron chi connectivity index (χ3n) is 4.74. The highest BCUT2D eigenvalue weighted by Gasteiger charge is 2.24. The standard InChI is InChI=1S/C21H28ClN3O5S/c1-7-25(8-2)31(27,28)15-9-10-18(24(3)4)17(13-15)23-21(26)14-11-16(22)20(30-6)19(12-14)29-5/h9-13H,7-8H2,1-6H3,(H,23,26). The van der Waals surface area contributed by atoms with E-state index in [4.69, 9.17) is 21.1 Å². The van der Waals surface area contributed by atoms with E-state index in [1.54, 1.807) is 38.9 Å². The number of anilines is 2. The van der Waals surface area contributed by atoms with Gasteiger partial charge in [-0.2, -0.15) is 4.31 Å². The summed E-state index contributed by atoms with van der Waals surface area (Å²) in [4.78, 5) is 14.9. The highest BCUT2D eigenvalue weighted by atomic mass is 35.5. The van der Waals surface area contributed by atoms with Gasteiger partial charge < -0.3 is 19.7 Å². The van der Waals surface area contributed by atoms with Crippen LogP contribution in [0, 0.1) is 0 Å². The smallest absolute Gasteiger partial charge is 0.255 e. The van der Waals surface area contributed by atoms with Gasteiger partial charge in [-0.25, -0.2) is 8.42 Å². The van der Waals surface area contributed by atoms with Crippen molar-refractivity contribution in [2.75, 3.05) is 51.6 Å². The van der Waals surface area contributed by atoms with Crippen molar-refractivity contribution < 1.29 is 22.7 Å². The average molecular weight is 470 g/mol. The molecule has 1 N–H and O–H groups in total. The minimum Gasteiger partial charge on any atom is -0.493 e. The molecule has 0 heterocycles. The molecule has 0 saturated carbocycles. The van der Waals surface area contributed by atoms with Crippen LogP contribution in [0.25, 0.3) is 0 Å². The first-order valence-corrected chi connectivity index (χ1v) is 11.5. The van der Waals surface area contributed by atoms with Crippen LogP contribution in [0.4, 0.5) is 11.4 Å². The summed E-state index contributed by atoms with van der Waals surface area (Å²) in [6, 6.07) is 7.62. The Morgan fingerprint density at radius 3 is 2.23 bits per heavy atom. The minimum atomic E-state index is -3.69. The van der Waals surface area contributed by atoms with Gasteiger partial charge in [-0.1, -0.05) is 25.4 Å². The number of hydrogen-bond acceptors (Lipinski definition) is 6. The molecule has 0 bridgehead atoms. The topological polar surface area (TPSA) is 88.2 Å². The summed E-state index contributed by atoms with van der Waals surface area (Å²) in [7, 11) is 2.82. The Bertz CT molecular complexity index is 1050. The van der Waals surface area contributed by atoms with Crippen LogP contribution >= 0.6 is 11.6 Å². The number of amides is 1. The molecular formula is C21H28ClN3O5S. The maximum Gasteiger partial charge on any atom is 0.255 e. The molecule has 0 unspecified atom stereocenters. The number of nitrogens with zero attached hydrogens (tertiary/aromatic N) is 2. The van der Waals surface area contributed by atoms with Crippen LogP contribution in [-0.4, -0.2) is 60.0 Å². The van der Waals surface area contributed by atoms with Gasteiger partial charge in [0.15, 0.2) is 11.5 Å². The number of hydrogen-bond donors (Lipinski definition) is 1. The molecule has 0 atom stereocenters. The Balaban J connectivity index is 2.50. The highest BCUT2D eigenvalue weighted by molar-refractivity contribution is 7.89.